The van der Waals surface area contributed by atoms with Gasteiger partial charge in [-0.3, -0.25) is 4.99 Å². The lowest BCUT2D eigenvalue weighted by molar-refractivity contribution is 0.409. The second-order valence-corrected chi connectivity index (χ2v) is 4.11. The Bertz CT molecular complexity index is 404. The molecule has 1 aromatic carbocycles. The molecule has 1 heterocycles. The lowest BCUT2D eigenvalue weighted by Crippen LogP contribution is -2.21. The Kier molecular flexibility index (Phi) is 3.67. The molecule has 3 nitrogen and oxygen atoms in total. The van der Waals surface area contributed by atoms with Crippen LogP contribution in [0.3, 0.4) is 0 Å². The van der Waals surface area contributed by atoms with Gasteiger partial charge in [0.05, 0.1) is 12.9 Å². The van der Waals surface area contributed by atoms with Gasteiger partial charge in [0.1, 0.15) is 5.75 Å². The first kappa shape index (κ1) is 11.3. The largest absolute Gasteiger partial charge is 0.496 e. The number of hydrogen-bond donors (Lipinski definition) is 1. The van der Waals surface area contributed by atoms with E-state index in [2.05, 4.69) is 10.3 Å². The van der Waals surface area contributed by atoms with E-state index < -0.39 is 0 Å². The smallest absolute Gasteiger partial charge is 0.125 e. The summed E-state index contributed by atoms with van der Waals surface area (Å²) in [6.07, 6.45) is 2.18. The van der Waals surface area contributed by atoms with E-state index in [-0.39, 0.29) is 0 Å². The highest BCUT2D eigenvalue weighted by molar-refractivity contribution is 6.31. The van der Waals surface area contributed by atoms with Crippen molar-refractivity contribution in [2.24, 2.45) is 4.99 Å². The van der Waals surface area contributed by atoms with Crippen molar-refractivity contribution in [1.82, 2.24) is 5.32 Å². The fraction of sp³-hybridized carbons (Fsp3) is 0.417. The first-order chi connectivity index (χ1) is 7.81. The maximum absolute atomic E-state index is 6.13. The van der Waals surface area contributed by atoms with Gasteiger partial charge in [0.15, 0.2) is 0 Å². The number of hydrogen-bond acceptors (Lipinski definition) is 3. The standard InChI is InChI=1S/C12H15ClN2O/c1-16-11-5-2-4-10(13)9(11)8-15-12-6-3-7-14-12/h2,4-5H,3,6-8H2,1H3,(H,14,15). The Morgan fingerprint density at radius 1 is 1.50 bits per heavy atom. The van der Waals surface area contributed by atoms with Crippen LogP contribution < -0.4 is 10.1 Å². The van der Waals surface area contributed by atoms with Crippen molar-refractivity contribution in [2.75, 3.05) is 13.7 Å². The summed E-state index contributed by atoms with van der Waals surface area (Å²) in [6, 6.07) is 5.68. The van der Waals surface area contributed by atoms with Gasteiger partial charge in [0, 0.05) is 30.1 Å². The summed E-state index contributed by atoms with van der Waals surface area (Å²) in [6.45, 7) is 1.60. The summed E-state index contributed by atoms with van der Waals surface area (Å²) >= 11 is 6.13. The van der Waals surface area contributed by atoms with E-state index >= 15 is 0 Å². The van der Waals surface area contributed by atoms with Crippen LogP contribution in [0.2, 0.25) is 5.02 Å². The van der Waals surface area contributed by atoms with Gasteiger partial charge < -0.3 is 10.1 Å². The number of nitrogens with zero attached hydrogens (tertiary/aromatic N) is 1. The molecule has 16 heavy (non-hydrogen) atoms. The highest BCUT2D eigenvalue weighted by Gasteiger charge is 2.10. The molecule has 0 amide bonds. The lowest BCUT2D eigenvalue weighted by atomic mass is 10.2. The van der Waals surface area contributed by atoms with Crippen LogP contribution >= 0.6 is 11.6 Å². The van der Waals surface area contributed by atoms with Crippen molar-refractivity contribution in [2.45, 2.75) is 19.4 Å². The Labute approximate surface area is 100 Å². The van der Waals surface area contributed by atoms with Gasteiger partial charge in [-0.05, 0) is 18.6 Å². The number of methoxy groups -OCH3 is 1. The summed E-state index contributed by atoms with van der Waals surface area (Å²) in [5.41, 5.74) is 0.987. The average Bonchev–Trinajstić information content (AvgIpc) is 2.80. The van der Waals surface area contributed by atoms with Crippen LogP contribution in [0.4, 0.5) is 0 Å². The summed E-state index contributed by atoms with van der Waals surface area (Å²) < 4.78 is 5.28. The molecule has 1 aromatic rings. The van der Waals surface area contributed by atoms with Gasteiger partial charge in [-0.1, -0.05) is 17.7 Å². The summed E-state index contributed by atoms with van der Waals surface area (Å²) in [7, 11) is 1.66. The second kappa shape index (κ2) is 5.21. The van der Waals surface area contributed by atoms with Crippen molar-refractivity contribution in [3.05, 3.63) is 28.8 Å². The van der Waals surface area contributed by atoms with E-state index in [0.29, 0.717) is 6.54 Å². The maximum Gasteiger partial charge on any atom is 0.125 e. The molecule has 0 atom stereocenters. The van der Waals surface area contributed by atoms with E-state index in [0.717, 1.165) is 41.6 Å². The molecule has 4 heteroatoms. The zero-order valence-corrected chi connectivity index (χ0v) is 10.0. The molecule has 1 aliphatic rings. The molecular weight excluding hydrogens is 224 g/mol. The number of aliphatic imine (C=N–C) groups is 1. The minimum absolute atomic E-state index is 0.668. The molecule has 0 aromatic heterocycles. The summed E-state index contributed by atoms with van der Waals surface area (Å²) in [4.78, 5) is 4.36. The van der Waals surface area contributed by atoms with E-state index in [1.54, 1.807) is 7.11 Å². The molecule has 0 spiro atoms. The second-order valence-electron chi connectivity index (χ2n) is 3.71. The third-order valence-corrected chi connectivity index (χ3v) is 2.99. The van der Waals surface area contributed by atoms with Crippen molar-refractivity contribution in [3.8, 4) is 5.75 Å². The van der Waals surface area contributed by atoms with Gasteiger partial charge in [0.2, 0.25) is 0 Å². The monoisotopic (exact) mass is 238 g/mol. The molecule has 0 bridgehead atoms. The number of amidine groups is 1. The highest BCUT2D eigenvalue weighted by atomic mass is 35.5. The number of nitrogens with one attached hydrogen (secondary N) is 1. The third-order valence-electron chi connectivity index (χ3n) is 2.64. The predicted octanol–water partition coefficient (Wildman–Crippen LogP) is 2.63. The fourth-order valence-corrected chi connectivity index (χ4v) is 2.01. The normalized spacial score (nSPS) is 14.8. The molecule has 0 saturated heterocycles. The molecule has 1 N–H and O–H groups in total. The van der Waals surface area contributed by atoms with Crippen molar-refractivity contribution >= 4 is 17.4 Å². The molecule has 0 aliphatic carbocycles. The molecule has 0 radical (unpaired) electrons. The van der Waals surface area contributed by atoms with Gasteiger partial charge in [-0.2, -0.15) is 0 Å². The molecule has 0 unspecified atom stereocenters. The first-order valence-corrected chi connectivity index (χ1v) is 5.77. The lowest BCUT2D eigenvalue weighted by Gasteiger charge is -2.11. The first-order valence-electron chi connectivity index (χ1n) is 5.40. The van der Waals surface area contributed by atoms with E-state index in [4.69, 9.17) is 16.3 Å². The van der Waals surface area contributed by atoms with Gasteiger partial charge in [0.25, 0.3) is 0 Å². The highest BCUT2D eigenvalue weighted by Crippen LogP contribution is 2.25. The predicted molar refractivity (Wildman–Crippen MR) is 66.4 cm³/mol. The molecule has 0 fully saturated rings. The molecule has 0 saturated carbocycles. The Morgan fingerprint density at radius 3 is 3.06 bits per heavy atom. The van der Waals surface area contributed by atoms with Crippen LogP contribution in [0.25, 0.3) is 0 Å². The van der Waals surface area contributed by atoms with E-state index in [1.807, 2.05) is 18.2 Å². The Morgan fingerprint density at radius 2 is 2.38 bits per heavy atom. The SMILES string of the molecule is COc1cccc(Cl)c1CNC1=NCCC1. The maximum atomic E-state index is 6.13. The average molecular weight is 239 g/mol. The van der Waals surface area contributed by atoms with Crippen LogP contribution in [0, 0.1) is 0 Å². The van der Waals surface area contributed by atoms with E-state index in [1.165, 1.54) is 0 Å². The van der Waals surface area contributed by atoms with Crippen LogP contribution in [-0.2, 0) is 6.54 Å². The summed E-state index contributed by atoms with van der Waals surface area (Å²) in [5.74, 6) is 1.89. The van der Waals surface area contributed by atoms with Crippen LogP contribution in [0.5, 0.6) is 5.75 Å². The quantitative estimate of drug-likeness (QED) is 0.878. The van der Waals surface area contributed by atoms with E-state index in [9.17, 15) is 0 Å². The zero-order valence-electron chi connectivity index (χ0n) is 9.29. The Hall–Kier alpha value is -1.22. The zero-order chi connectivity index (χ0) is 11.4. The number of rotatable bonds is 3. The topological polar surface area (TPSA) is 33.6 Å². The Balaban J connectivity index is 2.07. The number of ether oxygens (including phenoxy) is 1. The third kappa shape index (κ3) is 2.47. The summed E-state index contributed by atoms with van der Waals surface area (Å²) in [5, 5.41) is 4.03. The number of halogens is 1. The minimum Gasteiger partial charge on any atom is -0.496 e. The molecular formula is C12H15ClN2O. The van der Waals surface area contributed by atoms with Crippen molar-refractivity contribution in [3.63, 3.8) is 0 Å². The molecule has 1 aliphatic heterocycles. The fourth-order valence-electron chi connectivity index (χ4n) is 1.78. The van der Waals surface area contributed by atoms with Crippen LogP contribution in [-0.4, -0.2) is 19.5 Å². The molecule has 2 rings (SSSR count). The van der Waals surface area contributed by atoms with Gasteiger partial charge in [-0.15, -0.1) is 0 Å². The van der Waals surface area contributed by atoms with Gasteiger partial charge in [-0.25, -0.2) is 0 Å². The van der Waals surface area contributed by atoms with Gasteiger partial charge >= 0.3 is 0 Å². The van der Waals surface area contributed by atoms with Crippen molar-refractivity contribution in [1.29, 1.82) is 0 Å². The van der Waals surface area contributed by atoms with Crippen LogP contribution in [0.15, 0.2) is 23.2 Å². The number of benzene rings is 1. The minimum atomic E-state index is 0.668. The van der Waals surface area contributed by atoms with Crippen molar-refractivity contribution < 1.29 is 4.74 Å². The van der Waals surface area contributed by atoms with Crippen LogP contribution in [0.1, 0.15) is 18.4 Å². The molecule has 86 valence electrons.